The van der Waals surface area contributed by atoms with E-state index in [1.165, 1.54) is 135 Å². The van der Waals surface area contributed by atoms with E-state index in [0.29, 0.717) is 31.6 Å². The Morgan fingerprint density at radius 2 is 0.593 bits per heavy atom. The molecule has 0 bridgehead atoms. The highest BCUT2D eigenvalue weighted by Crippen LogP contribution is 2.45. The number of aliphatic hydroxyl groups excluding tert-OH is 1. The molecule has 0 fully saturated rings. The first-order valence-electron chi connectivity index (χ1n) is 34.9. The molecule has 0 aromatic heterocycles. The highest BCUT2D eigenvalue weighted by atomic mass is 31.2. The van der Waals surface area contributed by atoms with E-state index in [2.05, 4.69) is 48.5 Å². The van der Waals surface area contributed by atoms with Crippen LogP contribution in [0.2, 0.25) is 0 Å². The zero-order valence-corrected chi connectivity index (χ0v) is 57.6. The van der Waals surface area contributed by atoms with E-state index in [9.17, 15) is 43.2 Å². The summed E-state index contributed by atoms with van der Waals surface area (Å²) in [7, 11) is -9.89. The first-order chi connectivity index (χ1) is 41.3. The van der Waals surface area contributed by atoms with E-state index in [4.69, 9.17) is 37.0 Å². The van der Waals surface area contributed by atoms with Crippen LogP contribution in [0, 0.1) is 17.8 Å². The van der Waals surface area contributed by atoms with E-state index in [1.807, 2.05) is 0 Å². The van der Waals surface area contributed by atoms with Crippen LogP contribution in [-0.2, 0) is 65.4 Å². The van der Waals surface area contributed by atoms with Crippen LogP contribution in [0.4, 0.5) is 0 Å². The molecule has 19 heteroatoms. The van der Waals surface area contributed by atoms with Crippen molar-refractivity contribution in [3.8, 4) is 0 Å². The van der Waals surface area contributed by atoms with Gasteiger partial charge >= 0.3 is 39.5 Å². The fourth-order valence-electron chi connectivity index (χ4n) is 9.95. The van der Waals surface area contributed by atoms with E-state index in [-0.39, 0.29) is 25.7 Å². The first kappa shape index (κ1) is 84.1. The molecule has 0 amide bonds. The lowest BCUT2D eigenvalue weighted by Crippen LogP contribution is -2.30. The second-order valence-corrected chi connectivity index (χ2v) is 28.1. The number of hydrogen-bond acceptors (Lipinski definition) is 15. The molecular formula is C67H130O17P2. The molecule has 0 aliphatic rings. The van der Waals surface area contributed by atoms with Gasteiger partial charge in [0.1, 0.15) is 19.3 Å². The second kappa shape index (κ2) is 58.2. The maximum absolute atomic E-state index is 13.0. The van der Waals surface area contributed by atoms with Gasteiger partial charge in [0.05, 0.1) is 26.4 Å². The van der Waals surface area contributed by atoms with Gasteiger partial charge in [-0.3, -0.25) is 37.3 Å². The molecule has 0 aromatic rings. The van der Waals surface area contributed by atoms with Crippen molar-refractivity contribution in [3.63, 3.8) is 0 Å². The molecule has 0 spiro atoms. The van der Waals surface area contributed by atoms with Crippen LogP contribution in [0.5, 0.6) is 0 Å². The summed E-state index contributed by atoms with van der Waals surface area (Å²) in [4.78, 5) is 72.3. The number of rotatable bonds is 65. The Kier molecular flexibility index (Phi) is 56.9. The Morgan fingerprint density at radius 1 is 0.337 bits per heavy atom. The molecule has 0 saturated carbocycles. The van der Waals surface area contributed by atoms with E-state index < -0.39 is 97.5 Å². The van der Waals surface area contributed by atoms with Crippen molar-refractivity contribution < 1.29 is 80.2 Å². The standard InChI is InChI=1S/C67H130O17P2/c1-8-11-12-13-14-27-34-41-48-64(69)77-54-63(84-67(72)51-44-37-30-23-24-31-38-45-58(4)5)57-82-86(75,76)80-53-61(68)52-79-85(73,74)81-56-62(83-66(71)50-43-36-29-22-18-16-20-26-33-40-47-60(7)10-3)55-78-65(70)49-42-35-28-21-17-15-19-25-32-39-46-59(6)9-2/h58-63,68H,8-57H2,1-7H3,(H,73,74)(H,75,76)/t59?,60?,61-,62-,63-/m1/s1. The predicted molar refractivity (Wildman–Crippen MR) is 344 cm³/mol. The van der Waals surface area contributed by atoms with Gasteiger partial charge in [-0.05, 0) is 43.4 Å². The number of unbranched alkanes of at least 4 members (excludes halogenated alkanes) is 31. The first-order valence-corrected chi connectivity index (χ1v) is 37.9. The summed E-state index contributed by atoms with van der Waals surface area (Å²) in [5.74, 6) is 0.174. The average Bonchev–Trinajstić information content (AvgIpc) is 3.58. The fraction of sp³-hybridized carbons (Fsp3) is 0.940. The van der Waals surface area contributed by atoms with Crippen LogP contribution in [0.25, 0.3) is 0 Å². The minimum Gasteiger partial charge on any atom is -0.462 e. The molecule has 3 N–H and O–H groups in total. The minimum absolute atomic E-state index is 0.103. The molecule has 7 atom stereocenters. The lowest BCUT2D eigenvalue weighted by atomic mass is 9.99. The van der Waals surface area contributed by atoms with Crippen LogP contribution in [0.15, 0.2) is 0 Å². The van der Waals surface area contributed by atoms with Crippen molar-refractivity contribution in [2.24, 2.45) is 17.8 Å². The number of carbonyl (C=O) groups excluding carboxylic acids is 4. The Morgan fingerprint density at radius 3 is 0.884 bits per heavy atom. The molecule has 510 valence electrons. The maximum Gasteiger partial charge on any atom is 0.472 e. The molecule has 0 heterocycles. The molecule has 0 rings (SSSR count). The molecule has 86 heavy (non-hydrogen) atoms. The number of aliphatic hydroxyl groups is 1. The van der Waals surface area contributed by atoms with Gasteiger partial charge in [0.25, 0.3) is 0 Å². The Hall–Kier alpha value is -1.94. The van der Waals surface area contributed by atoms with E-state index >= 15 is 0 Å². The van der Waals surface area contributed by atoms with Gasteiger partial charge in [0, 0.05) is 25.7 Å². The molecule has 17 nitrogen and oxygen atoms in total. The van der Waals surface area contributed by atoms with Gasteiger partial charge in [-0.15, -0.1) is 0 Å². The van der Waals surface area contributed by atoms with Gasteiger partial charge in [0.2, 0.25) is 0 Å². The minimum atomic E-state index is -4.95. The number of phosphoric ester groups is 2. The van der Waals surface area contributed by atoms with Crippen molar-refractivity contribution in [2.75, 3.05) is 39.6 Å². The number of ether oxygens (including phenoxy) is 4. The van der Waals surface area contributed by atoms with E-state index in [0.717, 1.165) is 108 Å². The molecule has 0 aliphatic carbocycles. The zero-order chi connectivity index (χ0) is 63.8. The quantitative estimate of drug-likeness (QED) is 0.0222. The maximum atomic E-state index is 13.0. The number of carbonyl (C=O) groups is 4. The van der Waals surface area contributed by atoms with Crippen molar-refractivity contribution >= 4 is 39.5 Å². The summed E-state index contributed by atoms with van der Waals surface area (Å²) < 4.78 is 68.1. The summed E-state index contributed by atoms with van der Waals surface area (Å²) in [6.07, 6.45) is 40.3. The van der Waals surface area contributed by atoms with Crippen LogP contribution in [0.1, 0.15) is 331 Å². The Labute approximate surface area is 524 Å². The molecule has 4 unspecified atom stereocenters. The smallest absolute Gasteiger partial charge is 0.462 e. The third kappa shape index (κ3) is 58.4. The summed E-state index contributed by atoms with van der Waals surface area (Å²) in [5, 5.41) is 10.6. The third-order valence-electron chi connectivity index (χ3n) is 16.1. The highest BCUT2D eigenvalue weighted by molar-refractivity contribution is 7.47. The lowest BCUT2D eigenvalue weighted by Gasteiger charge is -2.21. The highest BCUT2D eigenvalue weighted by Gasteiger charge is 2.30. The van der Waals surface area contributed by atoms with Crippen molar-refractivity contribution in [3.05, 3.63) is 0 Å². The number of hydrogen-bond donors (Lipinski definition) is 3. The zero-order valence-electron chi connectivity index (χ0n) is 55.8. The molecule has 0 saturated heterocycles. The largest absolute Gasteiger partial charge is 0.472 e. The predicted octanol–water partition coefficient (Wildman–Crippen LogP) is 18.7. The normalized spacial score (nSPS) is 14.9. The second-order valence-electron chi connectivity index (χ2n) is 25.2. The topological polar surface area (TPSA) is 237 Å². The van der Waals surface area contributed by atoms with Crippen LogP contribution >= 0.6 is 15.6 Å². The third-order valence-corrected chi connectivity index (χ3v) is 18.0. The molecule has 0 aliphatic heterocycles. The van der Waals surface area contributed by atoms with Gasteiger partial charge in [0.15, 0.2) is 12.2 Å². The SMILES string of the molecule is CCCCCCCCCCC(=O)OC[C@H](COP(=O)(O)OC[C@H](O)COP(=O)(O)OC[C@@H](COC(=O)CCCCCCCCCCCCC(C)CC)OC(=O)CCCCCCCCCCCCC(C)CC)OC(=O)CCCCCCCCCC(C)C. The molecule has 0 aromatic carbocycles. The average molecular weight is 1270 g/mol. The summed E-state index contributed by atoms with van der Waals surface area (Å²) in [6, 6.07) is 0. The van der Waals surface area contributed by atoms with Gasteiger partial charge in [-0.1, -0.05) is 280 Å². The van der Waals surface area contributed by atoms with Gasteiger partial charge in [-0.25, -0.2) is 9.13 Å². The number of phosphoric acid groups is 2. The summed E-state index contributed by atoms with van der Waals surface area (Å²) >= 11 is 0. The van der Waals surface area contributed by atoms with Crippen molar-refractivity contribution in [1.29, 1.82) is 0 Å². The van der Waals surface area contributed by atoms with Crippen molar-refractivity contribution in [1.82, 2.24) is 0 Å². The lowest BCUT2D eigenvalue weighted by molar-refractivity contribution is -0.161. The fourth-order valence-corrected chi connectivity index (χ4v) is 11.5. The molecule has 0 radical (unpaired) electrons. The molecular weight excluding hydrogens is 1140 g/mol. The van der Waals surface area contributed by atoms with Crippen LogP contribution in [-0.4, -0.2) is 96.7 Å². The summed E-state index contributed by atoms with van der Waals surface area (Å²) in [5.41, 5.74) is 0. The Balaban J connectivity index is 5.24. The van der Waals surface area contributed by atoms with Crippen LogP contribution in [0.3, 0.4) is 0 Å². The van der Waals surface area contributed by atoms with E-state index in [1.54, 1.807) is 0 Å². The van der Waals surface area contributed by atoms with Crippen molar-refractivity contribution in [2.45, 2.75) is 349 Å². The van der Waals surface area contributed by atoms with Crippen LogP contribution < -0.4 is 0 Å². The van der Waals surface area contributed by atoms with Gasteiger partial charge < -0.3 is 33.8 Å². The monoisotopic (exact) mass is 1270 g/mol. The summed E-state index contributed by atoms with van der Waals surface area (Å²) in [6.45, 7) is 11.8. The Bertz CT molecular complexity index is 1700. The van der Waals surface area contributed by atoms with Gasteiger partial charge in [-0.2, -0.15) is 0 Å². The number of esters is 4.